The van der Waals surface area contributed by atoms with E-state index in [1.165, 1.54) is 18.2 Å². The number of hydrogen-bond donors (Lipinski definition) is 2. The van der Waals surface area contributed by atoms with Crippen LogP contribution in [0.1, 0.15) is 6.92 Å². The summed E-state index contributed by atoms with van der Waals surface area (Å²) in [6.45, 7) is 1.67. The highest BCUT2D eigenvalue weighted by atomic mass is 35.5. The van der Waals surface area contributed by atoms with Crippen LogP contribution in [-0.4, -0.2) is 15.0 Å². The summed E-state index contributed by atoms with van der Waals surface area (Å²) in [5.41, 5.74) is 5.84. The maximum Gasteiger partial charge on any atom is 0.242 e. The Morgan fingerprint density at radius 2 is 2.19 bits per heavy atom. The average molecular weight is 259 g/mol. The summed E-state index contributed by atoms with van der Waals surface area (Å²) in [6, 6.07) is 4.29. The van der Waals surface area contributed by atoms with Crippen LogP contribution in [0, 0.1) is 11.8 Å². The second-order valence-electron chi connectivity index (χ2n) is 2.94. The molecule has 0 aliphatic rings. The van der Waals surface area contributed by atoms with E-state index in [0.717, 1.165) is 0 Å². The third kappa shape index (κ3) is 3.14. The monoisotopic (exact) mass is 258 g/mol. The fourth-order valence-electron chi connectivity index (χ4n) is 1.02. The van der Waals surface area contributed by atoms with E-state index in [4.69, 9.17) is 17.3 Å². The Morgan fingerprint density at radius 1 is 1.50 bits per heavy atom. The number of hydrogen-bond acceptors (Lipinski definition) is 3. The molecular formula is C10H11ClN2O2S. The largest absolute Gasteiger partial charge is 0.399 e. The summed E-state index contributed by atoms with van der Waals surface area (Å²) in [5, 5.41) is 0.131. The molecule has 0 heterocycles. The molecule has 0 saturated heterocycles. The number of nitrogen functional groups attached to an aromatic ring is 1. The maximum absolute atomic E-state index is 11.8. The summed E-state index contributed by atoms with van der Waals surface area (Å²) >= 11 is 5.78. The Bertz CT molecular complexity index is 544. The van der Waals surface area contributed by atoms with Gasteiger partial charge in [-0.05, 0) is 25.1 Å². The van der Waals surface area contributed by atoms with Crippen LogP contribution in [0.5, 0.6) is 0 Å². The van der Waals surface area contributed by atoms with Crippen molar-refractivity contribution in [2.24, 2.45) is 0 Å². The molecule has 6 heteroatoms. The summed E-state index contributed by atoms with van der Waals surface area (Å²) in [7, 11) is -3.65. The molecule has 0 radical (unpaired) electrons. The van der Waals surface area contributed by atoms with Gasteiger partial charge in [-0.1, -0.05) is 17.5 Å². The maximum atomic E-state index is 11.8. The van der Waals surface area contributed by atoms with Gasteiger partial charge in [0.15, 0.2) is 0 Å². The lowest BCUT2D eigenvalue weighted by atomic mass is 10.3. The molecule has 0 amide bonds. The number of nitrogens with one attached hydrogen (secondary N) is 1. The van der Waals surface area contributed by atoms with Crippen LogP contribution in [-0.2, 0) is 10.0 Å². The topological polar surface area (TPSA) is 72.2 Å². The number of halogens is 1. The number of anilines is 1. The van der Waals surface area contributed by atoms with Crippen LogP contribution in [0.2, 0.25) is 5.02 Å². The number of sulfonamides is 1. The van der Waals surface area contributed by atoms with E-state index in [1.54, 1.807) is 6.92 Å². The molecule has 1 aromatic rings. The minimum Gasteiger partial charge on any atom is -0.399 e. The van der Waals surface area contributed by atoms with Gasteiger partial charge in [-0.15, -0.1) is 5.92 Å². The molecule has 3 N–H and O–H groups in total. The van der Waals surface area contributed by atoms with E-state index in [-0.39, 0.29) is 16.5 Å². The Hall–Kier alpha value is -1.22. The van der Waals surface area contributed by atoms with Gasteiger partial charge in [0.1, 0.15) is 4.90 Å². The van der Waals surface area contributed by atoms with E-state index in [9.17, 15) is 8.42 Å². The van der Waals surface area contributed by atoms with Crippen molar-refractivity contribution in [2.45, 2.75) is 11.8 Å². The minimum absolute atomic E-state index is 0.0351. The molecule has 4 nitrogen and oxygen atoms in total. The van der Waals surface area contributed by atoms with Gasteiger partial charge in [-0.2, -0.15) is 4.72 Å². The van der Waals surface area contributed by atoms with E-state index < -0.39 is 10.0 Å². The second-order valence-corrected chi connectivity index (χ2v) is 5.08. The fourth-order valence-corrected chi connectivity index (χ4v) is 2.48. The van der Waals surface area contributed by atoms with Gasteiger partial charge in [0.25, 0.3) is 0 Å². The van der Waals surface area contributed by atoms with Crippen molar-refractivity contribution in [3.63, 3.8) is 0 Å². The molecule has 0 aromatic heterocycles. The Morgan fingerprint density at radius 3 is 2.81 bits per heavy atom. The number of benzene rings is 1. The van der Waals surface area contributed by atoms with Gasteiger partial charge in [-0.25, -0.2) is 8.42 Å². The SMILES string of the molecule is CC#CCNS(=O)(=O)c1cc(N)ccc1Cl. The van der Waals surface area contributed by atoms with Crippen LogP contribution in [0.3, 0.4) is 0 Å². The van der Waals surface area contributed by atoms with Crippen LogP contribution >= 0.6 is 11.6 Å². The summed E-state index contributed by atoms with van der Waals surface area (Å²) in [5.74, 6) is 5.18. The third-order valence-electron chi connectivity index (χ3n) is 1.77. The summed E-state index contributed by atoms with van der Waals surface area (Å²) < 4.78 is 25.8. The zero-order valence-electron chi connectivity index (χ0n) is 8.62. The predicted octanol–water partition coefficient (Wildman–Crippen LogP) is 1.22. The van der Waals surface area contributed by atoms with Crippen LogP contribution in [0.15, 0.2) is 23.1 Å². The highest BCUT2D eigenvalue weighted by Gasteiger charge is 2.17. The van der Waals surface area contributed by atoms with Crippen molar-refractivity contribution >= 4 is 27.3 Å². The molecule has 0 unspecified atom stereocenters. The molecule has 0 atom stereocenters. The van der Waals surface area contributed by atoms with Crippen molar-refractivity contribution in [3.8, 4) is 11.8 Å². The highest BCUT2D eigenvalue weighted by molar-refractivity contribution is 7.89. The minimum atomic E-state index is -3.65. The van der Waals surface area contributed by atoms with Gasteiger partial charge in [-0.3, -0.25) is 0 Å². The van der Waals surface area contributed by atoms with E-state index in [2.05, 4.69) is 16.6 Å². The van der Waals surface area contributed by atoms with Crippen LogP contribution in [0.25, 0.3) is 0 Å². The highest BCUT2D eigenvalue weighted by Crippen LogP contribution is 2.23. The molecule has 1 aromatic carbocycles. The van der Waals surface area contributed by atoms with Gasteiger partial charge in [0.2, 0.25) is 10.0 Å². The Labute approximate surface area is 99.8 Å². The number of rotatable bonds is 3. The van der Waals surface area contributed by atoms with Crippen LogP contribution in [0.4, 0.5) is 5.69 Å². The van der Waals surface area contributed by atoms with Crippen LogP contribution < -0.4 is 10.5 Å². The molecule has 0 aliphatic carbocycles. The van der Waals surface area contributed by atoms with Gasteiger partial charge >= 0.3 is 0 Å². The fraction of sp³-hybridized carbons (Fsp3) is 0.200. The molecule has 0 aliphatic heterocycles. The standard InChI is InChI=1S/C10H11ClN2O2S/c1-2-3-6-13-16(14,15)10-7-8(12)4-5-9(10)11/h4-5,7,13H,6,12H2,1H3. The number of nitrogens with two attached hydrogens (primary N) is 1. The first-order chi connectivity index (χ1) is 7.47. The van der Waals surface area contributed by atoms with E-state index in [1.807, 2.05) is 0 Å². The molecular weight excluding hydrogens is 248 g/mol. The Kier molecular flexibility index (Phi) is 4.19. The van der Waals surface area contributed by atoms with Crippen molar-refractivity contribution < 1.29 is 8.42 Å². The quantitative estimate of drug-likeness (QED) is 0.633. The van der Waals surface area contributed by atoms with Crippen molar-refractivity contribution in [1.29, 1.82) is 0 Å². The lowest BCUT2D eigenvalue weighted by Crippen LogP contribution is -2.24. The first-order valence-electron chi connectivity index (χ1n) is 4.41. The predicted molar refractivity (Wildman–Crippen MR) is 64.5 cm³/mol. The zero-order chi connectivity index (χ0) is 12.2. The van der Waals surface area contributed by atoms with Gasteiger partial charge < -0.3 is 5.73 Å². The normalized spacial score (nSPS) is 10.6. The first kappa shape index (κ1) is 12.8. The molecule has 16 heavy (non-hydrogen) atoms. The first-order valence-corrected chi connectivity index (χ1v) is 6.28. The molecule has 0 saturated carbocycles. The summed E-state index contributed by atoms with van der Waals surface area (Å²) in [4.78, 5) is -0.0351. The van der Waals surface area contributed by atoms with Gasteiger partial charge in [0.05, 0.1) is 11.6 Å². The lowest BCUT2D eigenvalue weighted by molar-refractivity contribution is 0.586. The van der Waals surface area contributed by atoms with E-state index >= 15 is 0 Å². The molecule has 0 fully saturated rings. The molecule has 0 spiro atoms. The zero-order valence-corrected chi connectivity index (χ0v) is 10.2. The third-order valence-corrected chi connectivity index (χ3v) is 3.65. The molecule has 1 rings (SSSR count). The second kappa shape index (κ2) is 5.21. The summed E-state index contributed by atoms with van der Waals surface area (Å²) in [6.07, 6.45) is 0. The smallest absolute Gasteiger partial charge is 0.242 e. The van der Waals surface area contributed by atoms with Crippen molar-refractivity contribution in [3.05, 3.63) is 23.2 Å². The molecule has 0 bridgehead atoms. The van der Waals surface area contributed by atoms with Crippen molar-refractivity contribution in [2.75, 3.05) is 12.3 Å². The average Bonchev–Trinajstić information content (AvgIpc) is 2.22. The van der Waals surface area contributed by atoms with Gasteiger partial charge in [0, 0.05) is 5.69 Å². The molecule has 86 valence electrons. The van der Waals surface area contributed by atoms with E-state index in [0.29, 0.717) is 5.69 Å². The Balaban J connectivity index is 3.05. The van der Waals surface area contributed by atoms with Crippen molar-refractivity contribution in [1.82, 2.24) is 4.72 Å². The lowest BCUT2D eigenvalue weighted by Gasteiger charge is -2.06.